The fourth-order valence-corrected chi connectivity index (χ4v) is 4.14. The van der Waals surface area contributed by atoms with Crippen molar-refractivity contribution >= 4 is 56.8 Å². The molecule has 0 unspecified atom stereocenters. The fourth-order valence-electron chi connectivity index (χ4n) is 2.68. The number of carbonyl (C=O) groups is 2. The van der Waals surface area contributed by atoms with E-state index in [0.717, 1.165) is 0 Å². The number of hydrogen-bond donors (Lipinski definition) is 2. The Morgan fingerprint density at radius 2 is 2.00 bits per heavy atom. The molecule has 0 fully saturated rings. The lowest BCUT2D eigenvalue weighted by atomic mass is 10.2. The SMILES string of the molecule is CCn1c(CNC(=O)c2ccccc2Br)nnc1SCC(=O)Nc1ccc(F)c(Cl)c1. The highest BCUT2D eigenvalue weighted by Gasteiger charge is 2.15. The summed E-state index contributed by atoms with van der Waals surface area (Å²) >= 11 is 10.3. The van der Waals surface area contributed by atoms with Gasteiger partial charge in [-0.25, -0.2) is 4.39 Å². The molecule has 3 rings (SSSR count). The Labute approximate surface area is 195 Å². The smallest absolute Gasteiger partial charge is 0.252 e. The number of nitrogens with zero attached hydrogens (tertiary/aromatic N) is 3. The van der Waals surface area contributed by atoms with E-state index in [0.29, 0.717) is 33.2 Å². The first-order chi connectivity index (χ1) is 14.9. The van der Waals surface area contributed by atoms with Gasteiger partial charge in [0.2, 0.25) is 5.91 Å². The molecule has 0 spiro atoms. The maximum atomic E-state index is 13.2. The van der Waals surface area contributed by atoms with Crippen LogP contribution in [-0.2, 0) is 17.9 Å². The van der Waals surface area contributed by atoms with Gasteiger partial charge in [0.15, 0.2) is 11.0 Å². The van der Waals surface area contributed by atoms with Crippen LogP contribution in [-0.4, -0.2) is 32.3 Å². The largest absolute Gasteiger partial charge is 0.345 e. The predicted octanol–water partition coefficient (Wildman–Crippen LogP) is 4.51. The summed E-state index contributed by atoms with van der Waals surface area (Å²) in [5.74, 6) is -0.413. The highest BCUT2D eigenvalue weighted by atomic mass is 79.9. The Hall–Kier alpha value is -2.43. The summed E-state index contributed by atoms with van der Waals surface area (Å²) in [4.78, 5) is 24.6. The van der Waals surface area contributed by atoms with Crippen LogP contribution in [0.5, 0.6) is 0 Å². The Kier molecular flexibility index (Phi) is 8.05. The van der Waals surface area contributed by atoms with Gasteiger partial charge >= 0.3 is 0 Å². The maximum Gasteiger partial charge on any atom is 0.252 e. The number of halogens is 3. The van der Waals surface area contributed by atoms with Crippen molar-refractivity contribution in [3.63, 3.8) is 0 Å². The number of rotatable bonds is 8. The maximum absolute atomic E-state index is 13.2. The van der Waals surface area contributed by atoms with Crippen molar-refractivity contribution in [3.05, 3.63) is 69.2 Å². The van der Waals surface area contributed by atoms with E-state index in [1.165, 1.54) is 30.0 Å². The minimum atomic E-state index is -0.552. The Bertz CT molecular complexity index is 1110. The summed E-state index contributed by atoms with van der Waals surface area (Å²) in [7, 11) is 0. The first-order valence-electron chi connectivity index (χ1n) is 9.21. The van der Waals surface area contributed by atoms with Gasteiger partial charge in [-0.1, -0.05) is 35.5 Å². The van der Waals surface area contributed by atoms with Gasteiger partial charge in [0.05, 0.1) is 22.9 Å². The van der Waals surface area contributed by atoms with E-state index in [1.54, 1.807) is 18.2 Å². The summed E-state index contributed by atoms with van der Waals surface area (Å²) < 4.78 is 15.8. The number of benzene rings is 2. The lowest BCUT2D eigenvalue weighted by Crippen LogP contribution is -2.25. The molecule has 2 amide bonds. The lowest BCUT2D eigenvalue weighted by Gasteiger charge is -2.09. The van der Waals surface area contributed by atoms with Gasteiger partial charge < -0.3 is 15.2 Å². The second-order valence-electron chi connectivity index (χ2n) is 6.27. The zero-order chi connectivity index (χ0) is 22.4. The van der Waals surface area contributed by atoms with Crippen molar-refractivity contribution < 1.29 is 14.0 Å². The third-order valence-corrected chi connectivity index (χ3v) is 6.12. The quantitative estimate of drug-likeness (QED) is 0.422. The minimum Gasteiger partial charge on any atom is -0.345 e. The van der Waals surface area contributed by atoms with Crippen molar-refractivity contribution in [2.45, 2.75) is 25.2 Å². The van der Waals surface area contributed by atoms with Crippen LogP contribution in [0.3, 0.4) is 0 Å². The highest BCUT2D eigenvalue weighted by molar-refractivity contribution is 9.10. The van der Waals surface area contributed by atoms with Gasteiger partial charge in [-0.05, 0) is 53.2 Å². The molecular formula is C20H18BrClFN5O2S. The van der Waals surface area contributed by atoms with Crippen LogP contribution in [0.25, 0.3) is 0 Å². The summed E-state index contributed by atoms with van der Waals surface area (Å²) in [6, 6.07) is 11.1. The van der Waals surface area contributed by atoms with E-state index < -0.39 is 5.82 Å². The minimum absolute atomic E-state index is 0.0644. The number of amides is 2. The van der Waals surface area contributed by atoms with Gasteiger partial charge in [-0.3, -0.25) is 9.59 Å². The number of anilines is 1. The van der Waals surface area contributed by atoms with Gasteiger partial charge in [0, 0.05) is 16.7 Å². The third kappa shape index (κ3) is 6.05. The second-order valence-corrected chi connectivity index (χ2v) is 8.48. The molecule has 2 N–H and O–H groups in total. The van der Waals surface area contributed by atoms with Crippen molar-refractivity contribution in [1.29, 1.82) is 0 Å². The van der Waals surface area contributed by atoms with E-state index >= 15 is 0 Å². The summed E-state index contributed by atoms with van der Waals surface area (Å²) in [5, 5.41) is 14.2. The molecule has 0 aliphatic rings. The molecule has 1 heterocycles. The number of nitrogens with one attached hydrogen (secondary N) is 2. The van der Waals surface area contributed by atoms with Gasteiger partial charge in [0.1, 0.15) is 5.82 Å². The van der Waals surface area contributed by atoms with Crippen LogP contribution in [0.4, 0.5) is 10.1 Å². The topological polar surface area (TPSA) is 88.9 Å². The third-order valence-electron chi connectivity index (χ3n) is 4.17. The lowest BCUT2D eigenvalue weighted by molar-refractivity contribution is -0.113. The van der Waals surface area contributed by atoms with E-state index in [2.05, 4.69) is 36.8 Å². The van der Waals surface area contributed by atoms with Crippen LogP contribution >= 0.6 is 39.3 Å². The van der Waals surface area contributed by atoms with Crippen LogP contribution in [0.15, 0.2) is 52.1 Å². The van der Waals surface area contributed by atoms with Crippen LogP contribution in [0.2, 0.25) is 5.02 Å². The standard InChI is InChI=1S/C20H18BrClFN5O2S/c1-2-28-17(10-24-19(30)13-5-3-4-6-14(13)21)26-27-20(28)31-11-18(29)25-12-7-8-16(23)15(22)9-12/h3-9H,2,10-11H2,1H3,(H,24,30)(H,25,29). The van der Waals surface area contributed by atoms with Gasteiger partial charge in [0.25, 0.3) is 5.91 Å². The van der Waals surface area contributed by atoms with Crippen LogP contribution < -0.4 is 10.6 Å². The monoisotopic (exact) mass is 525 g/mol. The van der Waals surface area contributed by atoms with E-state index in [-0.39, 0.29) is 29.1 Å². The van der Waals surface area contributed by atoms with Crippen molar-refractivity contribution in [2.75, 3.05) is 11.1 Å². The number of carbonyl (C=O) groups excluding carboxylic acids is 2. The zero-order valence-electron chi connectivity index (χ0n) is 16.4. The Morgan fingerprint density at radius 3 is 2.71 bits per heavy atom. The highest BCUT2D eigenvalue weighted by Crippen LogP contribution is 2.21. The van der Waals surface area contributed by atoms with Crippen LogP contribution in [0, 0.1) is 5.82 Å². The summed E-state index contributed by atoms with van der Waals surface area (Å²) in [6.45, 7) is 2.69. The molecular weight excluding hydrogens is 509 g/mol. The van der Waals surface area contributed by atoms with Gasteiger partial charge in [-0.15, -0.1) is 10.2 Å². The van der Waals surface area contributed by atoms with Crippen molar-refractivity contribution in [1.82, 2.24) is 20.1 Å². The molecule has 0 radical (unpaired) electrons. The fraction of sp³-hybridized carbons (Fsp3) is 0.200. The summed E-state index contributed by atoms with van der Waals surface area (Å²) in [6.07, 6.45) is 0. The number of thioether (sulfide) groups is 1. The molecule has 3 aromatic rings. The molecule has 7 nitrogen and oxygen atoms in total. The van der Waals surface area contributed by atoms with E-state index in [1.807, 2.05) is 17.6 Å². The number of hydrogen-bond acceptors (Lipinski definition) is 5. The van der Waals surface area contributed by atoms with E-state index in [9.17, 15) is 14.0 Å². The molecule has 0 saturated carbocycles. The molecule has 0 atom stereocenters. The van der Waals surface area contributed by atoms with Gasteiger partial charge in [-0.2, -0.15) is 0 Å². The first kappa shape index (κ1) is 23.2. The zero-order valence-corrected chi connectivity index (χ0v) is 19.5. The molecule has 0 aliphatic carbocycles. The molecule has 11 heteroatoms. The summed E-state index contributed by atoms with van der Waals surface area (Å²) in [5.41, 5.74) is 0.932. The molecule has 0 bridgehead atoms. The molecule has 0 saturated heterocycles. The predicted molar refractivity (Wildman–Crippen MR) is 122 cm³/mol. The van der Waals surface area contributed by atoms with Crippen molar-refractivity contribution in [3.8, 4) is 0 Å². The molecule has 0 aliphatic heterocycles. The van der Waals surface area contributed by atoms with E-state index in [4.69, 9.17) is 11.6 Å². The average Bonchev–Trinajstić information content (AvgIpc) is 3.15. The van der Waals surface area contributed by atoms with Crippen molar-refractivity contribution in [2.24, 2.45) is 0 Å². The Morgan fingerprint density at radius 1 is 1.23 bits per heavy atom. The molecule has 1 aromatic heterocycles. The van der Waals surface area contributed by atoms with Crippen LogP contribution in [0.1, 0.15) is 23.1 Å². The first-order valence-corrected chi connectivity index (χ1v) is 11.4. The molecule has 2 aromatic carbocycles. The second kappa shape index (κ2) is 10.7. The average molecular weight is 527 g/mol. The molecule has 162 valence electrons. The Balaban J connectivity index is 1.58. The normalized spacial score (nSPS) is 10.7. The number of aromatic nitrogens is 3. The molecule has 31 heavy (non-hydrogen) atoms.